The Morgan fingerprint density at radius 1 is 1.32 bits per heavy atom. The maximum absolute atomic E-state index is 11.7. The molecule has 0 fully saturated rings. The molecule has 2 amide bonds. The van der Waals surface area contributed by atoms with Crippen molar-refractivity contribution in [3.63, 3.8) is 0 Å². The van der Waals surface area contributed by atoms with E-state index in [9.17, 15) is 19.5 Å². The first-order valence-electron chi connectivity index (χ1n) is 6.76. The first-order chi connectivity index (χ1) is 10.2. The molecule has 0 saturated heterocycles. The Bertz CT molecular complexity index is 564. The number of hydrogen-bond acceptors (Lipinski definition) is 5. The number of rotatable bonds is 5. The van der Waals surface area contributed by atoms with Crippen LogP contribution in [0, 0.1) is 0 Å². The van der Waals surface area contributed by atoms with Crippen LogP contribution in [0.3, 0.4) is 0 Å². The molecule has 0 bridgehead atoms. The third-order valence-electron chi connectivity index (χ3n) is 2.45. The third kappa shape index (κ3) is 6.25. The Hall–Kier alpha value is -2.57. The fourth-order valence-electron chi connectivity index (χ4n) is 1.53. The van der Waals surface area contributed by atoms with Crippen LogP contribution in [0.15, 0.2) is 18.2 Å². The zero-order valence-electron chi connectivity index (χ0n) is 12.8. The molecule has 0 aromatic heterocycles. The predicted molar refractivity (Wildman–Crippen MR) is 81.0 cm³/mol. The first kappa shape index (κ1) is 17.5. The maximum atomic E-state index is 11.7. The van der Waals surface area contributed by atoms with Crippen molar-refractivity contribution >= 4 is 24.0 Å². The van der Waals surface area contributed by atoms with Gasteiger partial charge in [-0.1, -0.05) is 0 Å². The molecule has 1 aromatic rings. The summed E-state index contributed by atoms with van der Waals surface area (Å²) in [5.74, 6) is -0.548. The van der Waals surface area contributed by atoms with Gasteiger partial charge in [0, 0.05) is 18.5 Å². The molecule has 0 aliphatic heterocycles. The molecule has 1 aromatic carbocycles. The molecule has 3 N–H and O–H groups in total. The SMILES string of the molecule is CC(C)(C)OC(=O)NCCC(=O)Nc1cc(C=O)ccc1O. The second-order valence-corrected chi connectivity index (χ2v) is 5.62. The number of amides is 2. The quantitative estimate of drug-likeness (QED) is 0.570. The molecule has 0 aliphatic rings. The normalized spacial score (nSPS) is 10.7. The van der Waals surface area contributed by atoms with E-state index >= 15 is 0 Å². The van der Waals surface area contributed by atoms with Gasteiger partial charge in [-0.15, -0.1) is 0 Å². The number of benzene rings is 1. The Morgan fingerprint density at radius 3 is 2.59 bits per heavy atom. The molecular weight excluding hydrogens is 288 g/mol. The van der Waals surface area contributed by atoms with Gasteiger partial charge in [0.2, 0.25) is 5.91 Å². The average molecular weight is 308 g/mol. The molecule has 0 heterocycles. The van der Waals surface area contributed by atoms with Crippen LogP contribution in [0.4, 0.5) is 10.5 Å². The lowest BCUT2D eigenvalue weighted by atomic mass is 10.2. The Morgan fingerprint density at radius 2 is 2.00 bits per heavy atom. The minimum atomic E-state index is -0.605. The van der Waals surface area contributed by atoms with Gasteiger partial charge in [0.1, 0.15) is 17.6 Å². The van der Waals surface area contributed by atoms with E-state index in [0.717, 1.165) is 0 Å². The molecule has 0 radical (unpaired) electrons. The van der Waals surface area contributed by atoms with Gasteiger partial charge in [-0.05, 0) is 39.0 Å². The van der Waals surface area contributed by atoms with Crippen molar-refractivity contribution in [3.05, 3.63) is 23.8 Å². The smallest absolute Gasteiger partial charge is 0.407 e. The summed E-state index contributed by atoms with van der Waals surface area (Å²) in [5, 5.41) is 14.5. The van der Waals surface area contributed by atoms with E-state index < -0.39 is 17.6 Å². The van der Waals surface area contributed by atoms with Crippen molar-refractivity contribution in [3.8, 4) is 5.75 Å². The number of alkyl carbamates (subject to hydrolysis) is 1. The number of aromatic hydroxyl groups is 1. The number of hydrogen-bond donors (Lipinski definition) is 3. The molecule has 0 atom stereocenters. The number of phenolic OH excluding ortho intramolecular Hbond substituents is 1. The van der Waals surface area contributed by atoms with Gasteiger partial charge in [-0.3, -0.25) is 9.59 Å². The molecule has 1 rings (SSSR count). The summed E-state index contributed by atoms with van der Waals surface area (Å²) in [6.07, 6.45) is 0.00878. The van der Waals surface area contributed by atoms with Crippen LogP contribution in [0.1, 0.15) is 37.6 Å². The number of nitrogens with one attached hydrogen (secondary N) is 2. The highest BCUT2D eigenvalue weighted by molar-refractivity contribution is 5.93. The van der Waals surface area contributed by atoms with E-state index in [1.54, 1.807) is 20.8 Å². The number of anilines is 1. The van der Waals surface area contributed by atoms with Gasteiger partial charge < -0.3 is 20.5 Å². The van der Waals surface area contributed by atoms with Crippen LogP contribution < -0.4 is 10.6 Å². The predicted octanol–water partition coefficient (Wildman–Crippen LogP) is 2.06. The Balaban J connectivity index is 2.44. The van der Waals surface area contributed by atoms with Gasteiger partial charge in [0.05, 0.1) is 5.69 Å². The van der Waals surface area contributed by atoms with Crippen molar-refractivity contribution in [2.24, 2.45) is 0 Å². The molecule has 0 saturated carbocycles. The summed E-state index contributed by atoms with van der Waals surface area (Å²) < 4.78 is 5.03. The van der Waals surface area contributed by atoms with Crippen molar-refractivity contribution in [1.82, 2.24) is 5.32 Å². The first-order valence-corrected chi connectivity index (χ1v) is 6.76. The summed E-state index contributed by atoms with van der Waals surface area (Å²) in [6, 6.07) is 4.11. The van der Waals surface area contributed by atoms with Crippen LogP contribution >= 0.6 is 0 Å². The van der Waals surface area contributed by atoms with Crippen molar-refractivity contribution in [2.45, 2.75) is 32.8 Å². The highest BCUT2D eigenvalue weighted by atomic mass is 16.6. The van der Waals surface area contributed by atoms with Crippen LogP contribution in [-0.2, 0) is 9.53 Å². The number of phenols is 1. The lowest BCUT2D eigenvalue weighted by Gasteiger charge is -2.19. The van der Waals surface area contributed by atoms with Gasteiger partial charge in [-0.2, -0.15) is 0 Å². The van der Waals surface area contributed by atoms with Crippen LogP contribution in [0.25, 0.3) is 0 Å². The van der Waals surface area contributed by atoms with E-state index in [1.165, 1.54) is 18.2 Å². The van der Waals surface area contributed by atoms with E-state index in [2.05, 4.69) is 10.6 Å². The van der Waals surface area contributed by atoms with Crippen molar-refractivity contribution in [2.75, 3.05) is 11.9 Å². The molecular formula is C15H20N2O5. The molecule has 120 valence electrons. The fraction of sp³-hybridized carbons (Fsp3) is 0.400. The van der Waals surface area contributed by atoms with Crippen LogP contribution in [0.2, 0.25) is 0 Å². The van der Waals surface area contributed by atoms with Crippen LogP contribution in [-0.4, -0.2) is 35.5 Å². The molecule has 7 nitrogen and oxygen atoms in total. The average Bonchev–Trinajstić information content (AvgIpc) is 2.39. The third-order valence-corrected chi connectivity index (χ3v) is 2.45. The number of ether oxygens (including phenoxy) is 1. The van der Waals surface area contributed by atoms with E-state index in [4.69, 9.17) is 4.74 Å². The van der Waals surface area contributed by atoms with Gasteiger partial charge in [0.25, 0.3) is 0 Å². The molecule has 22 heavy (non-hydrogen) atoms. The van der Waals surface area contributed by atoms with Crippen LogP contribution in [0.5, 0.6) is 5.75 Å². The summed E-state index contributed by atoms with van der Waals surface area (Å²) in [4.78, 5) is 33.8. The zero-order valence-corrected chi connectivity index (χ0v) is 12.8. The summed E-state index contributed by atoms with van der Waals surface area (Å²) in [6.45, 7) is 5.31. The highest BCUT2D eigenvalue weighted by Gasteiger charge is 2.16. The molecule has 0 aliphatic carbocycles. The summed E-state index contributed by atoms with van der Waals surface area (Å²) >= 11 is 0. The Kier molecular flexibility index (Phi) is 5.91. The van der Waals surface area contributed by atoms with Gasteiger partial charge in [0.15, 0.2) is 0 Å². The van der Waals surface area contributed by atoms with E-state index in [0.29, 0.717) is 11.8 Å². The maximum Gasteiger partial charge on any atom is 0.407 e. The van der Waals surface area contributed by atoms with Crippen molar-refractivity contribution in [1.29, 1.82) is 0 Å². The summed E-state index contributed by atoms with van der Waals surface area (Å²) in [7, 11) is 0. The number of aldehydes is 1. The second-order valence-electron chi connectivity index (χ2n) is 5.62. The fourth-order valence-corrected chi connectivity index (χ4v) is 1.53. The highest BCUT2D eigenvalue weighted by Crippen LogP contribution is 2.23. The molecule has 0 unspecified atom stereocenters. The minimum absolute atomic E-state index is 0.00397. The Labute approximate surface area is 128 Å². The number of carbonyl (C=O) groups excluding carboxylic acids is 3. The van der Waals surface area contributed by atoms with Gasteiger partial charge in [-0.25, -0.2) is 4.79 Å². The lowest BCUT2D eigenvalue weighted by Crippen LogP contribution is -2.34. The molecule has 7 heteroatoms. The number of carbonyl (C=O) groups is 3. The second kappa shape index (κ2) is 7.44. The van der Waals surface area contributed by atoms with E-state index in [1.807, 2.05) is 0 Å². The standard InChI is InChI=1S/C15H20N2O5/c1-15(2,3)22-14(21)16-7-6-13(20)17-11-8-10(9-18)4-5-12(11)19/h4-5,8-9,19H,6-7H2,1-3H3,(H,16,21)(H,17,20). The van der Waals surface area contributed by atoms with Crippen molar-refractivity contribution < 1.29 is 24.2 Å². The molecule has 0 spiro atoms. The minimum Gasteiger partial charge on any atom is -0.506 e. The van der Waals surface area contributed by atoms with Gasteiger partial charge >= 0.3 is 6.09 Å². The zero-order chi connectivity index (χ0) is 16.8. The lowest BCUT2D eigenvalue weighted by molar-refractivity contribution is -0.116. The topological polar surface area (TPSA) is 105 Å². The summed E-state index contributed by atoms with van der Waals surface area (Å²) in [5.41, 5.74) is -0.125. The largest absolute Gasteiger partial charge is 0.506 e. The van der Waals surface area contributed by atoms with E-state index in [-0.39, 0.29) is 24.4 Å². The monoisotopic (exact) mass is 308 g/mol.